The summed E-state index contributed by atoms with van der Waals surface area (Å²) < 4.78 is 173. The summed E-state index contributed by atoms with van der Waals surface area (Å²) in [6, 6.07) is 11.7. The van der Waals surface area contributed by atoms with E-state index in [0.717, 1.165) is 48.6 Å². The van der Waals surface area contributed by atoms with Crippen LogP contribution in [0.25, 0.3) is 0 Å². The van der Waals surface area contributed by atoms with Crippen LogP contribution in [-0.2, 0) is 48.3 Å². The molecule has 0 saturated heterocycles. The van der Waals surface area contributed by atoms with Crippen LogP contribution in [-0.4, -0.2) is 144 Å². The van der Waals surface area contributed by atoms with Gasteiger partial charge in [-0.1, -0.05) is 20.8 Å². The molecule has 538 valence electrons. The van der Waals surface area contributed by atoms with Gasteiger partial charge in [0.05, 0.1) is 69.2 Å². The Hall–Kier alpha value is -4.02. The van der Waals surface area contributed by atoms with Crippen LogP contribution in [0, 0.1) is 75.3 Å². The molecule has 0 saturated carbocycles. The summed E-state index contributed by atoms with van der Waals surface area (Å²) in [6.07, 6.45) is 1.38. The third kappa shape index (κ3) is 38.3. The van der Waals surface area contributed by atoms with E-state index in [9.17, 15) is 80.7 Å². The number of halogens is 8. The van der Waals surface area contributed by atoms with E-state index in [-0.39, 0.29) is 213 Å². The maximum atomic E-state index is 14.0. The number of carbonyl (C=O) groups is 7. The van der Waals surface area contributed by atoms with Gasteiger partial charge in [-0.3, -0.25) is 9.18 Å². The number of methoxy groups -OCH3 is 3. The first kappa shape index (κ1) is 107. The molecule has 0 fully saturated rings. The van der Waals surface area contributed by atoms with Gasteiger partial charge in [-0.15, -0.1) is 11.8 Å². The first-order chi connectivity index (χ1) is 43.7. The Kier molecular flexibility index (Phi) is 61.9. The quantitative estimate of drug-likeness (QED) is 0.0119. The van der Waals surface area contributed by atoms with E-state index in [1.807, 2.05) is 27.7 Å². The molecule has 5 rings (SSSR count). The molecule has 0 atom stereocenters. The van der Waals surface area contributed by atoms with Gasteiger partial charge in [-0.05, 0) is 141 Å². The number of rotatable bonds is 17. The second-order valence-corrected chi connectivity index (χ2v) is 24.9. The minimum absolute atomic E-state index is 0. The van der Waals surface area contributed by atoms with Crippen molar-refractivity contribution in [2.24, 2.45) is 0 Å². The van der Waals surface area contributed by atoms with Crippen LogP contribution in [0.4, 0.5) is 39.9 Å². The molecule has 22 nitrogen and oxygen atoms in total. The van der Waals surface area contributed by atoms with Gasteiger partial charge in [-0.2, -0.15) is 12.6 Å². The number of ether oxygens (including phenoxy) is 4. The number of thioether (sulfide) groups is 1. The van der Waals surface area contributed by atoms with Crippen molar-refractivity contribution in [1.29, 1.82) is 0 Å². The number of amides is 1. The summed E-state index contributed by atoms with van der Waals surface area (Å²) in [5.41, 5.74) is -0.517. The number of carbonyl (C=O) groups excluding carboxylic acids is 5. The standard InChI is InChI=1S/C12H15FO4S.C12H15FO2S.C11H13FO4S.C9H8F2O2.C8H6F2O2.C7H15NO2S.CH3F.CH2O3.2K.Li.2H2O.H/c1-4-7-18(15,16)10-6-5-9(12(14)17-3)8(2)11(10)13;1-4-7-16-10-6-5-9(12(14)15-3)8(2)11(10)13;1-3-6-17(15,16)9-5-4-8(11(13)14)7(2)10(9)12;1-5-6(9(12)13-2)3-4-7(10)8(5)11;1-4-5(8(11)12)2-3-6(9)7(4)10;1-7(2,3)10-6(9)8-4-5-11;1-2;2-1-4-3;;;;;;/h5-6H,4,7H2,1-3H3;5-6H,4,7H2,1-3H3;4-5H,3,6H2,1-2H3,(H,13,14);3-4H,1-2H3;2-3H,1H3,(H,11,12);11H,4-5H2,1-3H3,(H,8,9);1H3;1,3H;;;;2*1H2;/q;;;;;;;;3*+1;;;-1/p-2/i;;;;;;1D;;;;;;;. The van der Waals surface area contributed by atoms with E-state index in [0.29, 0.717) is 41.2 Å². The maximum absolute atomic E-state index is 14.0. The number of carboxylic acids is 2. The number of hydrogen-bond donors (Lipinski definition) is 4. The Morgan fingerprint density at radius 3 is 1.20 bits per heavy atom. The van der Waals surface area contributed by atoms with E-state index in [2.05, 4.69) is 37.0 Å². The zero-order chi connectivity index (χ0) is 73.6. The molecule has 37 heteroatoms. The Morgan fingerprint density at radius 2 is 0.898 bits per heavy atom. The number of hydrogen-bond acceptors (Lipinski definition) is 20. The monoisotopic (exact) mass is 1530 g/mol. The van der Waals surface area contributed by atoms with E-state index >= 15 is 0 Å². The van der Waals surface area contributed by atoms with Crippen molar-refractivity contribution in [2.75, 3.05) is 58.0 Å². The van der Waals surface area contributed by atoms with Crippen molar-refractivity contribution in [2.45, 2.75) is 116 Å². The molecule has 0 aliphatic heterocycles. The maximum Gasteiger partial charge on any atom is 1.00 e. The number of alkyl halides is 1. The number of nitrogens with one attached hydrogen (secondary N) is 1. The third-order valence-corrected chi connectivity index (χ3v) is 16.6. The topological polar surface area (TPSA) is 371 Å². The third-order valence-electron chi connectivity index (χ3n) is 11.3. The Balaban J connectivity index is -0.000000138. The summed E-state index contributed by atoms with van der Waals surface area (Å²) in [6.45, 7) is 18.0. The van der Waals surface area contributed by atoms with Crippen LogP contribution in [0.3, 0.4) is 0 Å². The first-order valence-electron chi connectivity index (χ1n) is 27.6. The smallest absolute Gasteiger partial charge is 1.00 e. The van der Waals surface area contributed by atoms with Crippen molar-refractivity contribution < 1.29 is 260 Å². The molecule has 0 aliphatic carbocycles. The first-order valence-corrected chi connectivity index (χ1v) is 31.8. The normalized spacial score (nSPS) is 9.90. The fourth-order valence-corrected chi connectivity index (χ4v) is 10.7. The number of sulfone groups is 2. The molecule has 0 unspecified atom stereocenters. The Bertz CT molecular complexity index is 3590. The number of esters is 3. The van der Waals surface area contributed by atoms with E-state index < -0.39 is 102 Å². The van der Waals surface area contributed by atoms with Gasteiger partial charge in [0.25, 0.3) is 6.47 Å². The molecule has 0 aliphatic rings. The van der Waals surface area contributed by atoms with E-state index in [1.165, 1.54) is 72.9 Å². The van der Waals surface area contributed by atoms with Gasteiger partial charge >= 0.3 is 158 Å². The van der Waals surface area contributed by atoms with Crippen LogP contribution in [0.1, 0.15) is 143 Å². The molecule has 5 aromatic rings. The molecule has 0 aromatic heterocycles. The molecule has 0 heterocycles. The molecule has 98 heavy (non-hydrogen) atoms. The number of carboxylic acid groups (broad SMARTS) is 2. The minimum atomic E-state index is -3.67. The van der Waals surface area contributed by atoms with Crippen LogP contribution < -0.4 is 132 Å². The number of aromatic carboxylic acids is 2. The van der Waals surface area contributed by atoms with Gasteiger partial charge in [-0.25, -0.2) is 76.3 Å². The zero-order valence-electron chi connectivity index (χ0n) is 59.2. The van der Waals surface area contributed by atoms with Gasteiger partial charge in [0.2, 0.25) is 0 Å². The van der Waals surface area contributed by atoms with Gasteiger partial charge in [0.1, 0.15) is 32.8 Å². The summed E-state index contributed by atoms with van der Waals surface area (Å²) >= 11 is 5.40. The molecule has 0 bridgehead atoms. The molecular formula is C61H80F8K2LiNO21S4. The number of benzene rings is 5. The second kappa shape index (κ2) is 56.5. The Labute approximate surface area is 674 Å². The Morgan fingerprint density at radius 1 is 0.602 bits per heavy atom. The van der Waals surface area contributed by atoms with Gasteiger partial charge in [0.15, 0.2) is 42.9 Å². The van der Waals surface area contributed by atoms with Crippen LogP contribution >= 0.6 is 24.4 Å². The predicted molar refractivity (Wildman–Crippen MR) is 338 cm³/mol. The fraction of sp³-hybridized carbons (Fsp3) is 0.393. The zero-order valence-corrected chi connectivity index (χ0v) is 66.8. The molecule has 6 N–H and O–H groups in total. The van der Waals surface area contributed by atoms with Crippen LogP contribution in [0.2, 0.25) is 0 Å². The van der Waals surface area contributed by atoms with Crippen LogP contribution in [0.15, 0.2) is 75.4 Å². The fourth-order valence-electron chi connectivity index (χ4n) is 6.77. The van der Waals surface area contributed by atoms with E-state index in [4.69, 9.17) is 26.4 Å². The number of alkyl carbamates (subject to hydrolysis) is 1. The van der Waals surface area contributed by atoms with Crippen molar-refractivity contribution in [3.63, 3.8) is 0 Å². The summed E-state index contributed by atoms with van der Waals surface area (Å²) in [4.78, 5) is 76.7. The summed E-state index contributed by atoms with van der Waals surface area (Å²) in [7, 11) is -4.66. The minimum Gasteiger partial charge on any atom is -1.00 e. The van der Waals surface area contributed by atoms with Gasteiger partial charge < -0.3 is 57.0 Å². The van der Waals surface area contributed by atoms with Gasteiger partial charge in [0, 0.05) is 45.0 Å². The molecule has 0 spiro atoms. The van der Waals surface area contributed by atoms with Crippen molar-refractivity contribution in [3.8, 4) is 0 Å². The second-order valence-electron chi connectivity index (χ2n) is 19.1. The van der Waals surface area contributed by atoms with Crippen molar-refractivity contribution in [3.05, 3.63) is 157 Å². The average Bonchev–Trinajstić information content (AvgIpc) is 0.807. The SMILES string of the molecule is CC(C)(C)OC(=O)NCCS.CCCS(=O)(=O)c1ccc(C(=O)O)c(C)c1F.CCCS(=O)(=O)c1ccc(C(=O)OC)c(C)c1F.CCCSc1ccc(C(=O)OC)c(C)c1F.COC(=O)c1ccc(F)c(F)c1C.Cc1c(C(=O)O)ccc(F)c1F.O.O=CO[O-].[2H]CF.[H-].[K+].[K+].[Li+].[OH-]. The summed E-state index contributed by atoms with van der Waals surface area (Å²) in [5, 5.41) is 28.2. The summed E-state index contributed by atoms with van der Waals surface area (Å²) in [5.74, 6) is -9.46. The van der Waals surface area contributed by atoms with Crippen molar-refractivity contribution in [1.82, 2.24) is 5.32 Å². The molecule has 1 amide bonds. The largest absolute Gasteiger partial charge is 1.00 e. The number of thiol groups is 1. The molecule has 0 radical (unpaired) electrons. The van der Waals surface area contributed by atoms with E-state index in [1.54, 1.807) is 32.9 Å². The van der Waals surface area contributed by atoms with Crippen molar-refractivity contribution >= 4 is 86.5 Å². The molecule has 5 aromatic carbocycles. The molecular weight excluding hydrogens is 1450 g/mol. The van der Waals surface area contributed by atoms with Crippen LogP contribution in [0.5, 0.6) is 0 Å². The predicted octanol–water partition coefficient (Wildman–Crippen LogP) is 2.16. The average molecular weight is 1530 g/mol.